The molecule has 2 N–H and O–H groups in total. The third kappa shape index (κ3) is 3.20. The normalized spacial score (nSPS) is 15.4. The lowest BCUT2D eigenvalue weighted by atomic mass is 9.87. The molecule has 7 nitrogen and oxygen atoms in total. The highest BCUT2D eigenvalue weighted by Crippen LogP contribution is 2.44. The van der Waals surface area contributed by atoms with Crippen molar-refractivity contribution in [2.24, 2.45) is 0 Å². The summed E-state index contributed by atoms with van der Waals surface area (Å²) in [7, 11) is 3.16. The molecule has 0 bridgehead atoms. The van der Waals surface area contributed by atoms with E-state index in [1.165, 1.54) is 0 Å². The Labute approximate surface area is 167 Å². The second-order valence-electron chi connectivity index (χ2n) is 6.72. The zero-order valence-corrected chi connectivity index (χ0v) is 16.0. The van der Waals surface area contributed by atoms with Crippen LogP contribution in [0.2, 0.25) is 0 Å². The molecule has 29 heavy (non-hydrogen) atoms. The third-order valence-electron chi connectivity index (χ3n) is 5.12. The average Bonchev–Trinajstić information content (AvgIpc) is 3.12. The first-order chi connectivity index (χ1) is 14.0. The maximum Gasteiger partial charge on any atom is 0.339 e. The fourth-order valence-electron chi connectivity index (χ4n) is 3.80. The second-order valence-corrected chi connectivity index (χ2v) is 6.72. The number of methoxy groups -OCH3 is 2. The number of aromatic carboxylic acids is 1. The molecule has 1 aliphatic heterocycles. The number of ether oxygens (including phenoxy) is 2. The molecular formula is C22H20N2O5. The Kier molecular flexibility index (Phi) is 4.72. The van der Waals surface area contributed by atoms with Gasteiger partial charge in [-0.3, -0.25) is 4.79 Å². The van der Waals surface area contributed by atoms with Crippen LogP contribution in [0.5, 0.6) is 11.5 Å². The summed E-state index contributed by atoms with van der Waals surface area (Å²) in [5.41, 5.74) is 2.67. The highest BCUT2D eigenvalue weighted by Gasteiger charge is 2.35. The number of benzene rings is 2. The Balaban J connectivity index is 1.96. The first-order valence-electron chi connectivity index (χ1n) is 9.09. The summed E-state index contributed by atoms with van der Waals surface area (Å²) in [6.45, 7) is 0. The SMILES string of the molecule is COc1ccc(-n2cc(C(=O)O)c3c2C(c2ccccc2OC)CC(=O)N3)cc1. The molecule has 1 unspecified atom stereocenters. The molecule has 1 aliphatic rings. The van der Waals surface area contributed by atoms with Crippen LogP contribution in [0.15, 0.2) is 54.7 Å². The van der Waals surface area contributed by atoms with Crippen molar-refractivity contribution in [1.29, 1.82) is 0 Å². The molecule has 3 aromatic rings. The van der Waals surface area contributed by atoms with Crippen molar-refractivity contribution in [2.45, 2.75) is 12.3 Å². The average molecular weight is 392 g/mol. The van der Waals surface area contributed by atoms with Gasteiger partial charge in [0.2, 0.25) is 5.91 Å². The zero-order valence-electron chi connectivity index (χ0n) is 16.0. The number of nitrogens with zero attached hydrogens (tertiary/aromatic N) is 1. The molecule has 0 saturated carbocycles. The second kappa shape index (κ2) is 7.35. The van der Waals surface area contributed by atoms with E-state index in [1.54, 1.807) is 20.4 Å². The van der Waals surface area contributed by atoms with E-state index in [4.69, 9.17) is 9.47 Å². The minimum absolute atomic E-state index is 0.0452. The van der Waals surface area contributed by atoms with Gasteiger partial charge in [-0.25, -0.2) is 4.79 Å². The van der Waals surface area contributed by atoms with Gasteiger partial charge in [-0.1, -0.05) is 18.2 Å². The first kappa shape index (κ1) is 18.6. The molecule has 0 saturated heterocycles. The van der Waals surface area contributed by atoms with Gasteiger partial charge in [-0.15, -0.1) is 0 Å². The van der Waals surface area contributed by atoms with Gasteiger partial charge in [-0.05, 0) is 30.3 Å². The summed E-state index contributed by atoms with van der Waals surface area (Å²) >= 11 is 0. The van der Waals surface area contributed by atoms with Crippen molar-refractivity contribution >= 4 is 17.6 Å². The van der Waals surface area contributed by atoms with Crippen LogP contribution in [0.1, 0.15) is 34.0 Å². The van der Waals surface area contributed by atoms with Crippen LogP contribution in [0.3, 0.4) is 0 Å². The first-order valence-corrected chi connectivity index (χ1v) is 9.09. The number of fused-ring (bicyclic) bond motifs is 1. The molecule has 0 spiro atoms. The number of anilines is 1. The van der Waals surface area contributed by atoms with Gasteiger partial charge in [-0.2, -0.15) is 0 Å². The van der Waals surface area contributed by atoms with E-state index < -0.39 is 5.97 Å². The number of nitrogens with one attached hydrogen (secondary N) is 1. The molecule has 148 valence electrons. The van der Waals surface area contributed by atoms with Crippen LogP contribution in [-0.4, -0.2) is 35.8 Å². The van der Waals surface area contributed by atoms with Crippen molar-refractivity contribution in [3.63, 3.8) is 0 Å². The maximum atomic E-state index is 12.4. The monoisotopic (exact) mass is 392 g/mol. The Morgan fingerprint density at radius 1 is 1.10 bits per heavy atom. The number of aromatic nitrogens is 1. The Bertz CT molecular complexity index is 1090. The Morgan fingerprint density at radius 2 is 1.83 bits per heavy atom. The van der Waals surface area contributed by atoms with Gasteiger partial charge in [0.05, 0.1) is 25.6 Å². The summed E-state index contributed by atoms with van der Waals surface area (Å²) in [5, 5.41) is 12.5. The number of hydrogen-bond acceptors (Lipinski definition) is 4. The minimum atomic E-state index is -1.10. The number of amides is 1. The minimum Gasteiger partial charge on any atom is -0.497 e. The van der Waals surface area contributed by atoms with Crippen molar-refractivity contribution < 1.29 is 24.2 Å². The lowest BCUT2D eigenvalue weighted by molar-refractivity contribution is -0.116. The fourth-order valence-corrected chi connectivity index (χ4v) is 3.80. The van der Waals surface area contributed by atoms with Crippen LogP contribution in [-0.2, 0) is 4.79 Å². The molecule has 2 aromatic carbocycles. The van der Waals surface area contributed by atoms with Gasteiger partial charge in [0.1, 0.15) is 17.1 Å². The molecular weight excluding hydrogens is 372 g/mol. The van der Waals surface area contributed by atoms with E-state index in [2.05, 4.69) is 5.32 Å². The molecule has 4 rings (SSSR count). The van der Waals surface area contributed by atoms with Gasteiger partial charge in [0.15, 0.2) is 0 Å². The number of carboxylic acid groups (broad SMARTS) is 1. The molecule has 0 fully saturated rings. The standard InChI is InChI=1S/C22H20N2O5/c1-28-14-9-7-13(8-10-14)24-12-17(22(26)27)20-21(24)16(11-19(25)23-20)15-5-3-4-6-18(15)29-2/h3-10,12,16H,11H2,1-2H3,(H,23,25)(H,26,27). The molecule has 7 heteroatoms. The summed E-state index contributed by atoms with van der Waals surface area (Å²) in [6.07, 6.45) is 1.73. The fraction of sp³-hybridized carbons (Fsp3) is 0.182. The predicted molar refractivity (Wildman–Crippen MR) is 107 cm³/mol. The van der Waals surface area contributed by atoms with Crippen LogP contribution >= 0.6 is 0 Å². The van der Waals surface area contributed by atoms with E-state index in [0.29, 0.717) is 22.9 Å². The smallest absolute Gasteiger partial charge is 0.339 e. The van der Waals surface area contributed by atoms with Crippen molar-refractivity contribution in [3.8, 4) is 17.2 Å². The van der Waals surface area contributed by atoms with Crippen molar-refractivity contribution in [3.05, 3.63) is 71.5 Å². The molecule has 0 aliphatic carbocycles. The van der Waals surface area contributed by atoms with E-state index >= 15 is 0 Å². The number of hydrogen-bond donors (Lipinski definition) is 2. The molecule has 1 atom stereocenters. The van der Waals surface area contributed by atoms with E-state index in [1.807, 2.05) is 53.1 Å². The summed E-state index contributed by atoms with van der Waals surface area (Å²) in [6, 6.07) is 14.8. The highest BCUT2D eigenvalue weighted by molar-refractivity contribution is 6.04. The predicted octanol–water partition coefficient (Wildman–Crippen LogP) is 3.67. The van der Waals surface area contributed by atoms with E-state index in [0.717, 1.165) is 11.3 Å². The number of carboxylic acids is 1. The number of rotatable bonds is 5. The highest BCUT2D eigenvalue weighted by atomic mass is 16.5. The summed E-state index contributed by atoms with van der Waals surface area (Å²) in [4.78, 5) is 24.3. The van der Waals surface area contributed by atoms with E-state index in [9.17, 15) is 14.7 Å². The number of para-hydroxylation sites is 1. The number of carbonyl (C=O) groups excluding carboxylic acids is 1. The molecule has 0 radical (unpaired) electrons. The quantitative estimate of drug-likeness (QED) is 0.692. The summed E-state index contributed by atoms with van der Waals surface area (Å²) in [5.74, 6) is -0.344. The van der Waals surface area contributed by atoms with Crippen molar-refractivity contribution in [2.75, 3.05) is 19.5 Å². The topological polar surface area (TPSA) is 89.8 Å². The van der Waals surface area contributed by atoms with Gasteiger partial charge < -0.3 is 24.5 Å². The molecule has 1 amide bonds. The Morgan fingerprint density at radius 3 is 2.48 bits per heavy atom. The van der Waals surface area contributed by atoms with Crippen LogP contribution < -0.4 is 14.8 Å². The molecule has 2 heterocycles. The van der Waals surface area contributed by atoms with Crippen LogP contribution in [0, 0.1) is 0 Å². The van der Waals surface area contributed by atoms with Gasteiger partial charge in [0.25, 0.3) is 0 Å². The van der Waals surface area contributed by atoms with Crippen LogP contribution in [0.25, 0.3) is 5.69 Å². The maximum absolute atomic E-state index is 12.4. The van der Waals surface area contributed by atoms with Crippen LogP contribution in [0.4, 0.5) is 5.69 Å². The lowest BCUT2D eigenvalue weighted by Crippen LogP contribution is -2.25. The molecule has 1 aromatic heterocycles. The van der Waals surface area contributed by atoms with Gasteiger partial charge >= 0.3 is 5.97 Å². The number of carbonyl (C=O) groups is 2. The van der Waals surface area contributed by atoms with Gasteiger partial charge in [0, 0.05) is 29.8 Å². The third-order valence-corrected chi connectivity index (χ3v) is 5.12. The van der Waals surface area contributed by atoms with Crippen molar-refractivity contribution in [1.82, 2.24) is 4.57 Å². The Hall–Kier alpha value is -3.74. The largest absolute Gasteiger partial charge is 0.497 e. The lowest BCUT2D eigenvalue weighted by Gasteiger charge is -2.27. The van der Waals surface area contributed by atoms with E-state index in [-0.39, 0.29) is 23.8 Å². The summed E-state index contributed by atoms with van der Waals surface area (Å²) < 4.78 is 12.5. The zero-order chi connectivity index (χ0) is 20.5.